The van der Waals surface area contributed by atoms with E-state index in [0.29, 0.717) is 6.54 Å². The fourth-order valence-corrected chi connectivity index (χ4v) is 1.13. The Bertz CT molecular complexity index is 327. The molecule has 1 aliphatic rings. The summed E-state index contributed by atoms with van der Waals surface area (Å²) < 4.78 is 0. The van der Waals surface area contributed by atoms with Crippen molar-refractivity contribution in [3.05, 3.63) is 41.5 Å². The van der Waals surface area contributed by atoms with E-state index >= 15 is 0 Å². The first-order valence-electron chi connectivity index (χ1n) is 3.90. The Morgan fingerprint density at radius 2 is 2.00 bits per heavy atom. The lowest BCUT2D eigenvalue weighted by Crippen LogP contribution is -2.40. The molecule has 60 valence electrons. The first-order valence-corrected chi connectivity index (χ1v) is 3.90. The third kappa shape index (κ3) is 1.23. The molecule has 0 saturated carbocycles. The van der Waals surface area contributed by atoms with Crippen molar-refractivity contribution in [2.45, 2.75) is 0 Å². The molecule has 0 atom stereocenters. The van der Waals surface area contributed by atoms with Crippen LogP contribution in [-0.4, -0.2) is 12.5 Å². The van der Waals surface area contributed by atoms with E-state index in [4.69, 9.17) is 0 Å². The summed E-state index contributed by atoms with van der Waals surface area (Å²) in [4.78, 5) is 10.9. The van der Waals surface area contributed by atoms with Crippen molar-refractivity contribution in [2.75, 3.05) is 6.54 Å². The van der Waals surface area contributed by atoms with Crippen LogP contribution in [0, 0.1) is 0 Å². The van der Waals surface area contributed by atoms with Gasteiger partial charge in [-0.3, -0.25) is 4.79 Å². The maximum absolute atomic E-state index is 10.9. The first-order chi connectivity index (χ1) is 5.86. The Morgan fingerprint density at radius 3 is 2.50 bits per heavy atom. The van der Waals surface area contributed by atoms with E-state index in [1.807, 2.05) is 36.4 Å². The van der Waals surface area contributed by atoms with Gasteiger partial charge in [-0.2, -0.15) is 0 Å². The second-order valence-corrected chi connectivity index (χ2v) is 2.76. The first kappa shape index (κ1) is 7.10. The summed E-state index contributed by atoms with van der Waals surface area (Å²) in [7, 11) is 0. The van der Waals surface area contributed by atoms with E-state index in [-0.39, 0.29) is 5.91 Å². The summed E-state index contributed by atoms with van der Waals surface area (Å²) in [6, 6.07) is 9.85. The highest BCUT2D eigenvalue weighted by atomic mass is 16.2. The van der Waals surface area contributed by atoms with Crippen molar-refractivity contribution in [1.82, 2.24) is 5.32 Å². The van der Waals surface area contributed by atoms with Gasteiger partial charge in [0.05, 0.1) is 0 Å². The number of carbonyl (C=O) groups excluding carboxylic acids is 1. The van der Waals surface area contributed by atoms with Crippen molar-refractivity contribution in [3.8, 4) is 0 Å². The van der Waals surface area contributed by atoms with Gasteiger partial charge in [0.25, 0.3) is 0 Å². The predicted molar refractivity (Wildman–Crippen MR) is 47.4 cm³/mol. The maximum atomic E-state index is 10.9. The summed E-state index contributed by atoms with van der Waals surface area (Å²) in [6.45, 7) is 0.702. The van der Waals surface area contributed by atoms with Gasteiger partial charge < -0.3 is 5.32 Å². The smallest absolute Gasteiger partial charge is 0.249 e. The molecule has 1 fully saturated rings. The van der Waals surface area contributed by atoms with Gasteiger partial charge in [0.15, 0.2) is 0 Å². The third-order valence-electron chi connectivity index (χ3n) is 1.87. The molecule has 1 heterocycles. The number of hydrogen-bond donors (Lipinski definition) is 1. The van der Waals surface area contributed by atoms with Gasteiger partial charge >= 0.3 is 0 Å². The van der Waals surface area contributed by atoms with Crippen LogP contribution < -0.4 is 5.32 Å². The average Bonchev–Trinajstić information content (AvgIpc) is 2.14. The number of β-lactam (4-membered cyclic amide) rings is 1. The molecular weight excluding hydrogens is 150 g/mol. The van der Waals surface area contributed by atoms with Crippen LogP contribution in [0.25, 0.3) is 6.08 Å². The molecule has 0 bridgehead atoms. The number of hydrogen-bond acceptors (Lipinski definition) is 1. The van der Waals surface area contributed by atoms with E-state index in [9.17, 15) is 4.79 Å². The van der Waals surface area contributed by atoms with Crippen molar-refractivity contribution in [1.29, 1.82) is 0 Å². The van der Waals surface area contributed by atoms with E-state index in [1.165, 1.54) is 0 Å². The summed E-state index contributed by atoms with van der Waals surface area (Å²) in [5, 5.41) is 2.67. The average molecular weight is 159 g/mol. The van der Waals surface area contributed by atoms with Gasteiger partial charge in [0.2, 0.25) is 5.91 Å². The van der Waals surface area contributed by atoms with E-state index in [0.717, 1.165) is 11.1 Å². The Hall–Kier alpha value is -1.57. The van der Waals surface area contributed by atoms with Crippen LogP contribution in [0.2, 0.25) is 0 Å². The van der Waals surface area contributed by atoms with Gasteiger partial charge in [0.1, 0.15) is 0 Å². The molecule has 2 nitrogen and oxygen atoms in total. The highest BCUT2D eigenvalue weighted by molar-refractivity contribution is 6.04. The zero-order chi connectivity index (χ0) is 8.39. The van der Waals surface area contributed by atoms with E-state index in [1.54, 1.807) is 0 Å². The van der Waals surface area contributed by atoms with E-state index in [2.05, 4.69) is 5.32 Å². The van der Waals surface area contributed by atoms with Crippen LogP contribution in [0.1, 0.15) is 5.56 Å². The zero-order valence-corrected chi connectivity index (χ0v) is 6.58. The van der Waals surface area contributed by atoms with Crippen molar-refractivity contribution < 1.29 is 4.79 Å². The molecule has 1 aliphatic heterocycles. The lowest BCUT2D eigenvalue weighted by Gasteiger charge is -2.17. The van der Waals surface area contributed by atoms with Gasteiger partial charge in [-0.1, -0.05) is 30.3 Å². The maximum Gasteiger partial charge on any atom is 0.249 e. The molecule has 2 heteroatoms. The lowest BCUT2D eigenvalue weighted by molar-refractivity contribution is -0.120. The number of carbonyl (C=O) groups is 1. The molecule has 1 N–H and O–H groups in total. The number of nitrogens with one attached hydrogen (secondary N) is 1. The van der Waals surface area contributed by atoms with Crippen molar-refractivity contribution in [2.24, 2.45) is 0 Å². The number of rotatable bonds is 1. The molecule has 1 aromatic rings. The molecule has 12 heavy (non-hydrogen) atoms. The quantitative estimate of drug-likeness (QED) is 0.484. The summed E-state index contributed by atoms with van der Waals surface area (Å²) in [5.74, 6) is 0.0545. The minimum Gasteiger partial charge on any atom is -0.348 e. The predicted octanol–water partition coefficient (Wildman–Crippen LogP) is 1.20. The molecule has 1 amide bonds. The highest BCUT2D eigenvalue weighted by Gasteiger charge is 2.18. The Labute approximate surface area is 70.9 Å². The fraction of sp³-hybridized carbons (Fsp3) is 0.100. The number of benzene rings is 1. The molecule has 2 rings (SSSR count). The summed E-state index contributed by atoms with van der Waals surface area (Å²) in [5.41, 5.74) is 1.95. The van der Waals surface area contributed by atoms with E-state index < -0.39 is 0 Å². The van der Waals surface area contributed by atoms with Gasteiger partial charge in [-0.05, 0) is 11.6 Å². The van der Waals surface area contributed by atoms with Crippen LogP contribution >= 0.6 is 0 Å². The Kier molecular flexibility index (Phi) is 1.67. The van der Waals surface area contributed by atoms with Crippen LogP contribution in [0.3, 0.4) is 0 Å². The molecule has 1 saturated heterocycles. The molecule has 0 radical (unpaired) electrons. The minimum atomic E-state index is 0.0545. The minimum absolute atomic E-state index is 0.0545. The van der Waals surface area contributed by atoms with Crippen LogP contribution in [0.15, 0.2) is 35.9 Å². The Morgan fingerprint density at radius 1 is 1.25 bits per heavy atom. The van der Waals surface area contributed by atoms with Crippen LogP contribution in [0.5, 0.6) is 0 Å². The molecule has 0 aromatic heterocycles. The largest absolute Gasteiger partial charge is 0.348 e. The monoisotopic (exact) mass is 159 g/mol. The highest BCUT2D eigenvalue weighted by Crippen LogP contribution is 2.10. The molecular formula is C10H9NO. The molecule has 0 aliphatic carbocycles. The Balaban J connectivity index is 2.23. The van der Waals surface area contributed by atoms with Gasteiger partial charge in [0, 0.05) is 12.1 Å². The second kappa shape index (κ2) is 2.81. The summed E-state index contributed by atoms with van der Waals surface area (Å²) >= 11 is 0. The lowest BCUT2D eigenvalue weighted by atomic mass is 10.1. The fourth-order valence-electron chi connectivity index (χ4n) is 1.13. The SMILES string of the molecule is O=C1NC/C1=C/c1ccccc1. The molecule has 0 spiro atoms. The standard InChI is InChI=1S/C10H9NO/c12-10-9(7-11-10)6-8-4-2-1-3-5-8/h1-6H,7H2,(H,11,12)/b9-6-. The zero-order valence-electron chi connectivity index (χ0n) is 6.58. The topological polar surface area (TPSA) is 29.1 Å². The van der Waals surface area contributed by atoms with Crippen molar-refractivity contribution in [3.63, 3.8) is 0 Å². The second-order valence-electron chi connectivity index (χ2n) is 2.76. The number of amides is 1. The third-order valence-corrected chi connectivity index (χ3v) is 1.87. The van der Waals surface area contributed by atoms with Crippen molar-refractivity contribution >= 4 is 12.0 Å². The van der Waals surface area contributed by atoms with Gasteiger partial charge in [-0.25, -0.2) is 0 Å². The summed E-state index contributed by atoms with van der Waals surface area (Å²) in [6.07, 6.45) is 1.92. The normalized spacial score (nSPS) is 18.7. The van der Waals surface area contributed by atoms with Crippen LogP contribution in [-0.2, 0) is 4.79 Å². The van der Waals surface area contributed by atoms with Crippen LogP contribution in [0.4, 0.5) is 0 Å². The van der Waals surface area contributed by atoms with Gasteiger partial charge in [-0.15, -0.1) is 0 Å². The molecule has 0 unspecified atom stereocenters. The molecule has 1 aromatic carbocycles.